The molecule has 0 unspecified atom stereocenters. The lowest BCUT2D eigenvalue weighted by molar-refractivity contribution is 0.135. The van der Waals surface area contributed by atoms with Gasteiger partial charge in [-0.3, -0.25) is 0 Å². The number of nitrogens with zero attached hydrogens (tertiary/aromatic N) is 4. The third-order valence-corrected chi connectivity index (χ3v) is 4.73. The second-order valence-electron chi connectivity index (χ2n) is 5.42. The summed E-state index contributed by atoms with van der Waals surface area (Å²) < 4.78 is 8.65. The predicted octanol–water partition coefficient (Wildman–Crippen LogP) is 3.41. The van der Waals surface area contributed by atoms with Gasteiger partial charge < -0.3 is 4.74 Å². The summed E-state index contributed by atoms with van der Waals surface area (Å²) in [5.74, 6) is 1.87. The number of aryl methyl sites for hydroxylation is 3. The first-order valence-electron chi connectivity index (χ1n) is 8.09. The largest absolute Gasteiger partial charge is 0.380 e. The zero-order chi connectivity index (χ0) is 16.1. The smallest absolute Gasteiger partial charge is 0.147 e. The fourth-order valence-electron chi connectivity index (χ4n) is 2.58. The topological polar surface area (TPSA) is 52.8 Å². The molecule has 0 aliphatic rings. The average molecular weight is 330 g/mol. The van der Waals surface area contributed by atoms with Gasteiger partial charge in [-0.05, 0) is 38.8 Å². The van der Waals surface area contributed by atoms with Crippen LogP contribution >= 0.6 is 11.3 Å². The summed E-state index contributed by atoms with van der Waals surface area (Å²) in [7, 11) is 0. The van der Waals surface area contributed by atoms with E-state index in [1.807, 2.05) is 24.6 Å². The number of benzene rings is 1. The average Bonchev–Trinajstić information content (AvgIpc) is 3.10. The molecule has 0 bridgehead atoms. The van der Waals surface area contributed by atoms with Crippen molar-refractivity contribution in [3.05, 3.63) is 40.9 Å². The van der Waals surface area contributed by atoms with Gasteiger partial charge in [0, 0.05) is 13.0 Å². The van der Waals surface area contributed by atoms with E-state index in [1.54, 1.807) is 11.3 Å². The molecule has 1 aromatic carbocycles. The van der Waals surface area contributed by atoms with Gasteiger partial charge in [0.1, 0.15) is 11.6 Å². The van der Waals surface area contributed by atoms with Crippen molar-refractivity contribution >= 4 is 21.6 Å². The van der Waals surface area contributed by atoms with Crippen LogP contribution in [0.4, 0.5) is 0 Å². The minimum atomic E-state index is 0.685. The van der Waals surface area contributed by atoms with Crippen LogP contribution in [-0.2, 0) is 24.1 Å². The van der Waals surface area contributed by atoms with Crippen molar-refractivity contribution in [2.45, 2.75) is 39.7 Å². The Morgan fingerprint density at radius 3 is 2.87 bits per heavy atom. The zero-order valence-corrected chi connectivity index (χ0v) is 14.5. The van der Waals surface area contributed by atoms with Crippen molar-refractivity contribution in [3.8, 4) is 0 Å². The number of aromatic nitrogens is 4. The van der Waals surface area contributed by atoms with Crippen LogP contribution < -0.4 is 0 Å². The summed E-state index contributed by atoms with van der Waals surface area (Å²) >= 11 is 1.78. The first kappa shape index (κ1) is 16.1. The van der Waals surface area contributed by atoms with E-state index in [1.165, 1.54) is 9.71 Å². The molecule has 0 spiro atoms. The maximum atomic E-state index is 5.41. The van der Waals surface area contributed by atoms with E-state index in [2.05, 4.69) is 33.3 Å². The van der Waals surface area contributed by atoms with Gasteiger partial charge >= 0.3 is 0 Å². The molecular weight excluding hydrogens is 308 g/mol. The van der Waals surface area contributed by atoms with E-state index in [4.69, 9.17) is 4.74 Å². The number of hydrogen-bond acceptors (Lipinski definition) is 5. The molecule has 122 valence electrons. The van der Waals surface area contributed by atoms with Gasteiger partial charge in [-0.25, -0.2) is 14.6 Å². The standard InChI is InChI=1S/C17H22N4OS/c1-3-22-12-11-21-16(18-13(2)20-21)9-6-10-17-19-14-7-4-5-8-15(14)23-17/h4-5,7-8H,3,6,9-12H2,1-2H3. The summed E-state index contributed by atoms with van der Waals surface area (Å²) in [5.41, 5.74) is 1.10. The molecule has 6 heteroatoms. The fourth-order valence-corrected chi connectivity index (χ4v) is 3.59. The van der Waals surface area contributed by atoms with Crippen molar-refractivity contribution in [2.75, 3.05) is 13.2 Å². The monoisotopic (exact) mass is 330 g/mol. The lowest BCUT2D eigenvalue weighted by Gasteiger charge is -2.05. The highest BCUT2D eigenvalue weighted by Crippen LogP contribution is 2.22. The van der Waals surface area contributed by atoms with Crippen LogP contribution in [0.5, 0.6) is 0 Å². The molecule has 0 radical (unpaired) electrons. The van der Waals surface area contributed by atoms with E-state index in [0.29, 0.717) is 6.61 Å². The zero-order valence-electron chi connectivity index (χ0n) is 13.7. The molecule has 2 heterocycles. The highest BCUT2D eigenvalue weighted by Gasteiger charge is 2.09. The highest BCUT2D eigenvalue weighted by atomic mass is 32.1. The molecule has 0 fully saturated rings. The van der Waals surface area contributed by atoms with E-state index < -0.39 is 0 Å². The van der Waals surface area contributed by atoms with E-state index in [0.717, 1.165) is 49.6 Å². The van der Waals surface area contributed by atoms with Crippen LogP contribution in [0.2, 0.25) is 0 Å². The van der Waals surface area contributed by atoms with Gasteiger partial charge in [-0.1, -0.05) is 12.1 Å². The molecule has 3 rings (SSSR count). The van der Waals surface area contributed by atoms with Crippen molar-refractivity contribution in [1.29, 1.82) is 0 Å². The van der Waals surface area contributed by atoms with Crippen LogP contribution in [0.1, 0.15) is 30.0 Å². The van der Waals surface area contributed by atoms with Gasteiger partial charge in [-0.2, -0.15) is 5.10 Å². The maximum absolute atomic E-state index is 5.41. The minimum Gasteiger partial charge on any atom is -0.380 e. The number of hydrogen-bond donors (Lipinski definition) is 0. The third kappa shape index (κ3) is 4.14. The number of fused-ring (bicyclic) bond motifs is 1. The SMILES string of the molecule is CCOCCn1nc(C)nc1CCCc1nc2ccccc2s1. The molecule has 0 atom stereocenters. The molecular formula is C17H22N4OS. The van der Waals surface area contributed by atoms with E-state index in [9.17, 15) is 0 Å². The Kier molecular flexibility index (Phi) is 5.35. The summed E-state index contributed by atoms with van der Waals surface area (Å²) in [4.78, 5) is 9.23. The second kappa shape index (κ2) is 7.66. The Morgan fingerprint density at radius 2 is 2.04 bits per heavy atom. The van der Waals surface area contributed by atoms with Crippen molar-refractivity contribution in [2.24, 2.45) is 0 Å². The molecule has 23 heavy (non-hydrogen) atoms. The molecule has 0 aliphatic heterocycles. The molecule has 2 aromatic heterocycles. The molecule has 0 aliphatic carbocycles. The van der Waals surface area contributed by atoms with Crippen LogP contribution in [-0.4, -0.2) is 33.0 Å². The Morgan fingerprint density at radius 1 is 1.17 bits per heavy atom. The first-order chi connectivity index (χ1) is 11.3. The summed E-state index contributed by atoms with van der Waals surface area (Å²) in [6.07, 6.45) is 2.94. The first-order valence-corrected chi connectivity index (χ1v) is 8.90. The van der Waals surface area contributed by atoms with Crippen molar-refractivity contribution in [1.82, 2.24) is 19.7 Å². The summed E-state index contributed by atoms with van der Waals surface area (Å²) in [6.45, 7) is 6.13. The van der Waals surface area contributed by atoms with E-state index >= 15 is 0 Å². The Bertz CT molecular complexity index is 732. The van der Waals surface area contributed by atoms with Gasteiger partial charge in [0.05, 0.1) is 28.4 Å². The number of thiazole rings is 1. The Balaban J connectivity index is 1.57. The highest BCUT2D eigenvalue weighted by molar-refractivity contribution is 7.18. The number of para-hydroxylation sites is 1. The molecule has 0 saturated carbocycles. The van der Waals surface area contributed by atoms with Crippen LogP contribution in [0.3, 0.4) is 0 Å². The van der Waals surface area contributed by atoms with Crippen LogP contribution in [0.15, 0.2) is 24.3 Å². The van der Waals surface area contributed by atoms with Gasteiger partial charge in [0.15, 0.2) is 0 Å². The third-order valence-electron chi connectivity index (χ3n) is 3.63. The summed E-state index contributed by atoms with van der Waals surface area (Å²) in [6, 6.07) is 8.30. The molecule has 3 aromatic rings. The molecule has 5 nitrogen and oxygen atoms in total. The van der Waals surface area contributed by atoms with Gasteiger partial charge in [0.2, 0.25) is 0 Å². The normalized spacial score (nSPS) is 11.4. The van der Waals surface area contributed by atoms with Crippen molar-refractivity contribution in [3.63, 3.8) is 0 Å². The molecule has 0 N–H and O–H groups in total. The Hall–Kier alpha value is -1.79. The number of rotatable bonds is 8. The minimum absolute atomic E-state index is 0.685. The lowest BCUT2D eigenvalue weighted by Crippen LogP contribution is -2.11. The Labute approximate surface area is 140 Å². The molecule has 0 amide bonds. The second-order valence-corrected chi connectivity index (χ2v) is 6.54. The summed E-state index contributed by atoms with van der Waals surface area (Å²) in [5, 5.41) is 5.65. The quantitative estimate of drug-likeness (QED) is 0.594. The van der Waals surface area contributed by atoms with Crippen LogP contribution in [0, 0.1) is 6.92 Å². The fraction of sp³-hybridized carbons (Fsp3) is 0.471. The lowest BCUT2D eigenvalue weighted by atomic mass is 10.2. The van der Waals surface area contributed by atoms with Gasteiger partial charge in [-0.15, -0.1) is 11.3 Å². The molecule has 0 saturated heterocycles. The predicted molar refractivity (Wildman–Crippen MR) is 92.9 cm³/mol. The van der Waals surface area contributed by atoms with Gasteiger partial charge in [0.25, 0.3) is 0 Å². The van der Waals surface area contributed by atoms with Crippen molar-refractivity contribution < 1.29 is 4.74 Å². The maximum Gasteiger partial charge on any atom is 0.147 e. The number of ether oxygens (including phenoxy) is 1. The van der Waals surface area contributed by atoms with Crippen LogP contribution in [0.25, 0.3) is 10.2 Å². The van der Waals surface area contributed by atoms with E-state index in [-0.39, 0.29) is 0 Å².